The molecule has 0 aliphatic rings. The van der Waals surface area contributed by atoms with Gasteiger partial charge in [0.15, 0.2) is 11.6 Å². The highest BCUT2D eigenvalue weighted by Gasteiger charge is 2.23. The van der Waals surface area contributed by atoms with Gasteiger partial charge in [-0.15, -0.1) is 0 Å². The normalized spacial score (nSPS) is 12.7. The summed E-state index contributed by atoms with van der Waals surface area (Å²) in [4.78, 5) is 0. The van der Waals surface area contributed by atoms with Crippen LogP contribution >= 0.6 is 0 Å². The van der Waals surface area contributed by atoms with Crippen LogP contribution in [0.5, 0.6) is 0 Å². The third-order valence-electron chi connectivity index (χ3n) is 3.28. The summed E-state index contributed by atoms with van der Waals surface area (Å²) in [5.74, 6) is -1.63. The highest BCUT2D eigenvalue weighted by molar-refractivity contribution is 5.34. The Kier molecular flexibility index (Phi) is 4.49. The maximum absolute atomic E-state index is 14.1. The first-order valence-electron chi connectivity index (χ1n) is 6.78. The molecule has 0 amide bonds. The average Bonchev–Trinajstić information content (AvgIpc) is 2.80. The van der Waals surface area contributed by atoms with Gasteiger partial charge in [-0.05, 0) is 19.0 Å². The minimum Gasteiger partial charge on any atom is -0.306 e. The lowest BCUT2D eigenvalue weighted by Gasteiger charge is -2.19. The lowest BCUT2D eigenvalue weighted by molar-refractivity contribution is 0.482. The van der Waals surface area contributed by atoms with Gasteiger partial charge in [0.2, 0.25) is 0 Å². The van der Waals surface area contributed by atoms with Crippen LogP contribution in [-0.4, -0.2) is 16.3 Å². The van der Waals surface area contributed by atoms with E-state index in [4.69, 9.17) is 0 Å². The van der Waals surface area contributed by atoms with Crippen molar-refractivity contribution in [2.75, 3.05) is 6.54 Å². The Balaban J connectivity index is 2.53. The van der Waals surface area contributed by atoms with Gasteiger partial charge in [-0.3, -0.25) is 4.68 Å². The molecular formula is C15H19F2N3. The molecule has 2 rings (SSSR count). The van der Waals surface area contributed by atoms with Crippen molar-refractivity contribution in [1.82, 2.24) is 15.1 Å². The van der Waals surface area contributed by atoms with Crippen molar-refractivity contribution < 1.29 is 8.78 Å². The number of rotatable bonds is 5. The third kappa shape index (κ3) is 2.72. The van der Waals surface area contributed by atoms with Gasteiger partial charge in [-0.1, -0.05) is 26.0 Å². The van der Waals surface area contributed by atoms with Crippen molar-refractivity contribution in [1.29, 1.82) is 0 Å². The van der Waals surface area contributed by atoms with Crippen molar-refractivity contribution in [2.24, 2.45) is 7.05 Å². The molecule has 3 nitrogen and oxygen atoms in total. The number of hydrogen-bond acceptors (Lipinski definition) is 2. The van der Waals surface area contributed by atoms with E-state index >= 15 is 0 Å². The molecule has 0 aliphatic carbocycles. The van der Waals surface area contributed by atoms with E-state index in [2.05, 4.69) is 10.4 Å². The molecule has 0 fully saturated rings. The highest BCUT2D eigenvalue weighted by atomic mass is 19.2. The van der Waals surface area contributed by atoms with Gasteiger partial charge in [-0.2, -0.15) is 5.10 Å². The summed E-state index contributed by atoms with van der Waals surface area (Å²) in [6, 6.07) is 3.88. The van der Waals surface area contributed by atoms with E-state index in [0.717, 1.165) is 23.7 Å². The fraction of sp³-hybridized carbons (Fsp3) is 0.400. The Morgan fingerprint density at radius 2 is 2.00 bits per heavy atom. The summed E-state index contributed by atoms with van der Waals surface area (Å²) in [5, 5.41) is 7.58. The predicted molar refractivity (Wildman–Crippen MR) is 74.5 cm³/mol. The molecule has 0 spiro atoms. The molecule has 1 N–H and O–H groups in total. The van der Waals surface area contributed by atoms with Gasteiger partial charge in [0, 0.05) is 24.4 Å². The second-order valence-electron chi connectivity index (χ2n) is 4.69. The maximum Gasteiger partial charge on any atom is 0.163 e. The Hall–Kier alpha value is -1.75. The fourth-order valence-corrected chi connectivity index (χ4v) is 2.40. The van der Waals surface area contributed by atoms with Gasteiger partial charge in [0.25, 0.3) is 0 Å². The average molecular weight is 279 g/mol. The van der Waals surface area contributed by atoms with Crippen molar-refractivity contribution in [3.63, 3.8) is 0 Å². The van der Waals surface area contributed by atoms with Crippen LogP contribution < -0.4 is 5.32 Å². The minimum atomic E-state index is -0.827. The summed E-state index contributed by atoms with van der Waals surface area (Å²) in [6.07, 6.45) is 2.60. The quantitative estimate of drug-likeness (QED) is 0.912. The highest BCUT2D eigenvalue weighted by Crippen LogP contribution is 2.27. The van der Waals surface area contributed by atoms with E-state index in [1.165, 1.54) is 6.07 Å². The van der Waals surface area contributed by atoms with Crippen molar-refractivity contribution >= 4 is 0 Å². The lowest BCUT2D eigenvalue weighted by Crippen LogP contribution is -2.24. The molecule has 0 aliphatic heterocycles. The summed E-state index contributed by atoms with van der Waals surface area (Å²) in [5.41, 5.74) is 2.10. The van der Waals surface area contributed by atoms with E-state index in [9.17, 15) is 8.78 Å². The summed E-state index contributed by atoms with van der Waals surface area (Å²) in [7, 11) is 1.83. The molecule has 1 heterocycles. The van der Waals surface area contributed by atoms with Crippen LogP contribution in [0.25, 0.3) is 0 Å². The van der Waals surface area contributed by atoms with E-state index in [1.807, 2.05) is 27.1 Å². The lowest BCUT2D eigenvalue weighted by atomic mass is 9.97. The molecule has 0 saturated heterocycles. The molecule has 0 bridgehead atoms. The molecular weight excluding hydrogens is 260 g/mol. The van der Waals surface area contributed by atoms with Gasteiger partial charge in [0.05, 0.1) is 11.7 Å². The number of benzene rings is 1. The van der Waals surface area contributed by atoms with Crippen LogP contribution in [0.2, 0.25) is 0 Å². The largest absolute Gasteiger partial charge is 0.306 e. The van der Waals surface area contributed by atoms with Gasteiger partial charge < -0.3 is 5.32 Å². The van der Waals surface area contributed by atoms with Crippen LogP contribution in [0.3, 0.4) is 0 Å². The number of aryl methyl sites for hydroxylation is 2. The zero-order valence-electron chi connectivity index (χ0n) is 12.0. The first kappa shape index (κ1) is 14.7. The van der Waals surface area contributed by atoms with Crippen LogP contribution in [-0.2, 0) is 13.5 Å². The molecule has 2 aromatic rings. The first-order chi connectivity index (χ1) is 9.58. The van der Waals surface area contributed by atoms with Crippen LogP contribution in [0, 0.1) is 11.6 Å². The number of hydrogen-bond donors (Lipinski definition) is 1. The summed E-state index contributed by atoms with van der Waals surface area (Å²) in [6.45, 7) is 4.58. The zero-order chi connectivity index (χ0) is 14.7. The molecule has 0 radical (unpaired) electrons. The van der Waals surface area contributed by atoms with Crippen LogP contribution in [0.4, 0.5) is 8.78 Å². The van der Waals surface area contributed by atoms with Gasteiger partial charge >= 0.3 is 0 Å². The second kappa shape index (κ2) is 6.13. The Morgan fingerprint density at radius 1 is 1.25 bits per heavy atom. The van der Waals surface area contributed by atoms with Gasteiger partial charge in [-0.25, -0.2) is 8.78 Å². The fourth-order valence-electron chi connectivity index (χ4n) is 2.40. The smallest absolute Gasteiger partial charge is 0.163 e. The maximum atomic E-state index is 14.1. The summed E-state index contributed by atoms with van der Waals surface area (Å²) < 4.78 is 29.2. The Bertz CT molecular complexity index is 593. The molecule has 1 aromatic carbocycles. The van der Waals surface area contributed by atoms with Crippen LogP contribution in [0.1, 0.15) is 36.7 Å². The predicted octanol–water partition coefficient (Wildman–Crippen LogP) is 2.96. The van der Waals surface area contributed by atoms with Crippen molar-refractivity contribution in [2.45, 2.75) is 26.3 Å². The SMILES string of the molecule is CCNC(c1cn(C)nc1CC)c1cccc(F)c1F. The van der Waals surface area contributed by atoms with E-state index in [0.29, 0.717) is 12.1 Å². The number of nitrogens with one attached hydrogen (secondary N) is 1. The monoisotopic (exact) mass is 279 g/mol. The number of aromatic nitrogens is 2. The second-order valence-corrected chi connectivity index (χ2v) is 4.69. The minimum absolute atomic E-state index is 0.314. The van der Waals surface area contributed by atoms with E-state index in [1.54, 1.807) is 10.7 Å². The van der Waals surface area contributed by atoms with Crippen molar-refractivity contribution in [3.05, 3.63) is 52.9 Å². The zero-order valence-corrected chi connectivity index (χ0v) is 12.0. The van der Waals surface area contributed by atoms with Gasteiger partial charge in [0.1, 0.15) is 0 Å². The molecule has 20 heavy (non-hydrogen) atoms. The topological polar surface area (TPSA) is 29.9 Å². The molecule has 108 valence electrons. The van der Waals surface area contributed by atoms with E-state index in [-0.39, 0.29) is 6.04 Å². The Morgan fingerprint density at radius 3 is 2.65 bits per heavy atom. The molecule has 5 heteroatoms. The van der Waals surface area contributed by atoms with Crippen LogP contribution in [0.15, 0.2) is 24.4 Å². The Labute approximate surface area is 117 Å². The number of halogens is 2. The molecule has 1 atom stereocenters. The van der Waals surface area contributed by atoms with Crippen molar-refractivity contribution in [3.8, 4) is 0 Å². The number of nitrogens with zero attached hydrogens (tertiary/aromatic N) is 2. The molecule has 1 aromatic heterocycles. The standard InChI is InChI=1S/C15H19F2N3/c1-4-13-11(9-20(3)19-13)15(18-5-2)10-7-6-8-12(16)14(10)17/h6-9,15,18H,4-5H2,1-3H3. The molecule has 0 saturated carbocycles. The third-order valence-corrected chi connectivity index (χ3v) is 3.28. The van der Waals surface area contributed by atoms with E-state index < -0.39 is 11.6 Å². The summed E-state index contributed by atoms with van der Waals surface area (Å²) >= 11 is 0. The first-order valence-corrected chi connectivity index (χ1v) is 6.78. The molecule has 1 unspecified atom stereocenters.